The second-order valence-electron chi connectivity index (χ2n) is 8.99. The monoisotopic (exact) mass is 534 g/mol. The highest BCUT2D eigenvalue weighted by atomic mass is 16.6. The van der Waals surface area contributed by atoms with Crippen LogP contribution < -0.4 is 14.8 Å². The van der Waals surface area contributed by atoms with Crippen LogP contribution in [0, 0.1) is 34.3 Å². The fraction of sp³-hybridized carbons (Fsp3) is 0.269. The van der Waals surface area contributed by atoms with Gasteiger partial charge in [0.05, 0.1) is 16.6 Å². The fourth-order valence-corrected chi connectivity index (χ4v) is 3.40. The minimum absolute atomic E-state index is 0.116. The van der Waals surface area contributed by atoms with Crippen LogP contribution in [0.15, 0.2) is 42.5 Å². The summed E-state index contributed by atoms with van der Waals surface area (Å²) in [5.41, 5.74) is 0.381. The number of anilines is 1. The highest BCUT2D eigenvalue weighted by Gasteiger charge is 2.32. The number of rotatable bonds is 10. The number of ether oxygens (including phenoxy) is 2. The van der Waals surface area contributed by atoms with Crippen molar-refractivity contribution in [2.75, 3.05) is 19.4 Å². The second kappa shape index (κ2) is 11.9. The van der Waals surface area contributed by atoms with Crippen LogP contribution in [0.2, 0.25) is 0 Å². The molecule has 1 unspecified atom stereocenters. The Morgan fingerprint density at radius 1 is 1.15 bits per heavy atom. The number of nitrogens with zero attached hydrogens (tertiary/aromatic N) is 5. The number of nitrogens with one attached hydrogen (secondary N) is 1. The third-order valence-corrected chi connectivity index (χ3v) is 5.46. The Morgan fingerprint density at radius 2 is 1.87 bits per heavy atom. The SMILES string of the molecule is Cc1ccc(C#N)cc1Oc1nc(Oc2cccc(C(=O)N(C)C)c2)nc(NC(C(=O)O)C(C)C)c1[N+](=O)[O-]. The molecule has 1 amide bonds. The van der Waals surface area contributed by atoms with Crippen molar-refractivity contribution in [2.45, 2.75) is 26.8 Å². The quantitative estimate of drug-likeness (QED) is 0.278. The minimum atomic E-state index is -1.25. The van der Waals surface area contributed by atoms with E-state index in [0.717, 1.165) is 0 Å². The van der Waals surface area contributed by atoms with Crippen molar-refractivity contribution in [3.63, 3.8) is 0 Å². The molecule has 0 aliphatic heterocycles. The Hall–Kier alpha value is -5.25. The molecule has 0 saturated carbocycles. The Morgan fingerprint density at radius 3 is 2.46 bits per heavy atom. The molecular formula is C26H26N6O7. The number of nitriles is 1. The van der Waals surface area contributed by atoms with Crippen LogP contribution in [-0.2, 0) is 4.79 Å². The number of carbonyl (C=O) groups is 2. The molecule has 3 aromatic rings. The van der Waals surface area contributed by atoms with Crippen LogP contribution >= 0.6 is 0 Å². The van der Waals surface area contributed by atoms with Gasteiger partial charge >= 0.3 is 23.5 Å². The van der Waals surface area contributed by atoms with E-state index in [1.165, 1.54) is 23.1 Å². The number of aliphatic carboxylic acids is 1. The molecule has 1 atom stereocenters. The molecule has 13 heteroatoms. The maximum atomic E-state index is 12.4. The van der Waals surface area contributed by atoms with Gasteiger partial charge in [0, 0.05) is 19.7 Å². The zero-order chi connectivity index (χ0) is 28.9. The van der Waals surface area contributed by atoms with Gasteiger partial charge in [0.25, 0.3) is 5.91 Å². The van der Waals surface area contributed by atoms with E-state index in [0.29, 0.717) is 11.1 Å². The minimum Gasteiger partial charge on any atom is -0.480 e. The van der Waals surface area contributed by atoms with Crippen molar-refractivity contribution in [2.24, 2.45) is 5.92 Å². The Balaban J connectivity index is 2.17. The van der Waals surface area contributed by atoms with Crippen LogP contribution in [0.25, 0.3) is 0 Å². The number of amides is 1. The van der Waals surface area contributed by atoms with Crippen molar-refractivity contribution < 1.29 is 29.1 Å². The van der Waals surface area contributed by atoms with Crippen LogP contribution in [0.4, 0.5) is 11.5 Å². The molecular weight excluding hydrogens is 508 g/mol. The highest BCUT2D eigenvalue weighted by molar-refractivity contribution is 5.94. The summed E-state index contributed by atoms with van der Waals surface area (Å²) in [7, 11) is 3.18. The number of nitro groups is 1. The molecule has 13 nitrogen and oxygen atoms in total. The van der Waals surface area contributed by atoms with Gasteiger partial charge in [-0.25, -0.2) is 4.79 Å². The first-order valence-electron chi connectivity index (χ1n) is 11.6. The Bertz CT molecular complexity index is 1470. The van der Waals surface area contributed by atoms with Crippen molar-refractivity contribution >= 4 is 23.4 Å². The molecule has 39 heavy (non-hydrogen) atoms. The lowest BCUT2D eigenvalue weighted by Gasteiger charge is -2.19. The maximum absolute atomic E-state index is 12.4. The zero-order valence-electron chi connectivity index (χ0n) is 21.8. The average Bonchev–Trinajstić information content (AvgIpc) is 2.87. The second-order valence-corrected chi connectivity index (χ2v) is 8.99. The van der Waals surface area contributed by atoms with Crippen LogP contribution in [0.5, 0.6) is 23.4 Å². The molecule has 0 fully saturated rings. The number of carboxylic acid groups (broad SMARTS) is 1. The van der Waals surface area contributed by atoms with Crippen LogP contribution in [0.3, 0.4) is 0 Å². The van der Waals surface area contributed by atoms with E-state index in [4.69, 9.17) is 9.47 Å². The smallest absolute Gasteiger partial charge is 0.373 e. The third kappa shape index (κ3) is 6.75. The molecule has 0 aliphatic rings. The van der Waals surface area contributed by atoms with Crippen molar-refractivity contribution in [3.05, 3.63) is 69.3 Å². The Labute approximate surface area is 223 Å². The number of hydrogen-bond acceptors (Lipinski definition) is 10. The normalized spacial score (nSPS) is 11.3. The number of hydrogen-bond donors (Lipinski definition) is 2. The molecule has 0 bridgehead atoms. The first-order chi connectivity index (χ1) is 18.4. The first-order valence-corrected chi connectivity index (χ1v) is 11.6. The molecule has 0 saturated heterocycles. The topological polar surface area (TPSA) is 181 Å². The molecule has 3 rings (SSSR count). The number of aromatic nitrogens is 2. The molecule has 2 aromatic carbocycles. The maximum Gasteiger partial charge on any atom is 0.373 e. The van der Waals surface area contributed by atoms with Crippen LogP contribution in [-0.4, -0.2) is 56.9 Å². The number of carboxylic acids is 1. The molecule has 0 spiro atoms. The van der Waals surface area contributed by atoms with Crippen molar-refractivity contribution in [1.29, 1.82) is 5.26 Å². The summed E-state index contributed by atoms with van der Waals surface area (Å²) in [6.07, 6.45) is 0. The molecule has 202 valence electrons. The van der Waals surface area contributed by atoms with Gasteiger partial charge in [0.15, 0.2) is 0 Å². The molecule has 0 aliphatic carbocycles. The van der Waals surface area contributed by atoms with E-state index in [9.17, 15) is 30.1 Å². The molecule has 1 heterocycles. The first kappa shape index (κ1) is 28.3. The van der Waals surface area contributed by atoms with Gasteiger partial charge in [0.1, 0.15) is 17.5 Å². The van der Waals surface area contributed by atoms with E-state index in [2.05, 4.69) is 15.3 Å². The summed E-state index contributed by atoms with van der Waals surface area (Å²) in [4.78, 5) is 45.1. The number of carbonyl (C=O) groups excluding carboxylic acids is 1. The van der Waals surface area contributed by atoms with E-state index < -0.39 is 46.2 Å². The fourth-order valence-electron chi connectivity index (χ4n) is 3.40. The van der Waals surface area contributed by atoms with Crippen molar-refractivity contribution in [1.82, 2.24) is 14.9 Å². The Kier molecular flexibility index (Phi) is 8.62. The molecule has 1 aromatic heterocycles. The predicted molar refractivity (Wildman–Crippen MR) is 139 cm³/mol. The average molecular weight is 535 g/mol. The van der Waals surface area contributed by atoms with Gasteiger partial charge in [-0.05, 0) is 48.7 Å². The van der Waals surface area contributed by atoms with Gasteiger partial charge in [-0.1, -0.05) is 26.0 Å². The van der Waals surface area contributed by atoms with Gasteiger partial charge in [0.2, 0.25) is 5.82 Å². The van der Waals surface area contributed by atoms with Crippen molar-refractivity contribution in [3.8, 4) is 29.5 Å². The number of benzene rings is 2. The lowest BCUT2D eigenvalue weighted by atomic mass is 10.0. The zero-order valence-corrected chi connectivity index (χ0v) is 21.8. The summed E-state index contributed by atoms with van der Waals surface area (Å²) in [5, 5.41) is 33.7. The van der Waals surface area contributed by atoms with E-state index in [1.54, 1.807) is 59.1 Å². The van der Waals surface area contributed by atoms with Gasteiger partial charge in [-0.15, -0.1) is 0 Å². The standard InChI is InChI=1S/C26H26N6O7/c1-14(2)20(25(34)35)28-22-21(32(36)37)23(39-19-11-16(13-27)10-9-15(19)3)30-26(29-22)38-18-8-6-7-17(12-18)24(33)31(4)5/h6-12,14,20H,1-5H3,(H,34,35)(H,28,29,30). The van der Waals surface area contributed by atoms with E-state index >= 15 is 0 Å². The van der Waals surface area contributed by atoms with Gasteiger partial charge < -0.3 is 24.8 Å². The highest BCUT2D eigenvalue weighted by Crippen LogP contribution is 2.39. The predicted octanol–water partition coefficient (Wildman–Crippen LogP) is 4.37. The number of aryl methyl sites for hydroxylation is 1. The lowest BCUT2D eigenvalue weighted by molar-refractivity contribution is -0.385. The summed E-state index contributed by atoms with van der Waals surface area (Å²) >= 11 is 0. The van der Waals surface area contributed by atoms with Gasteiger partial charge in [-0.3, -0.25) is 14.9 Å². The third-order valence-electron chi connectivity index (χ3n) is 5.46. The van der Waals surface area contributed by atoms with Crippen LogP contribution in [0.1, 0.15) is 35.3 Å². The van der Waals surface area contributed by atoms with E-state index in [-0.39, 0.29) is 23.0 Å². The largest absolute Gasteiger partial charge is 0.480 e. The molecule has 2 N–H and O–H groups in total. The summed E-state index contributed by atoms with van der Waals surface area (Å²) in [6, 6.07) is 11.0. The van der Waals surface area contributed by atoms with Gasteiger partial charge in [-0.2, -0.15) is 15.2 Å². The molecule has 0 radical (unpaired) electrons. The summed E-state index contributed by atoms with van der Waals surface area (Å²) < 4.78 is 11.5. The van der Waals surface area contributed by atoms with E-state index in [1.807, 2.05) is 6.07 Å². The lowest BCUT2D eigenvalue weighted by Crippen LogP contribution is -2.35. The summed E-state index contributed by atoms with van der Waals surface area (Å²) in [6.45, 7) is 4.92. The summed E-state index contributed by atoms with van der Waals surface area (Å²) in [5.74, 6) is -2.75.